The van der Waals surface area contributed by atoms with Crippen LogP contribution >= 0.6 is 23.5 Å². The standard InChI is InChI=1S/C16H20O3S2/c1-16(2,13-9-12(10-20-13)15(18)19)21-14(17)8-11-6-4-3-5-7-11/h3-7,12-13H,8-10H2,1-2H3,(H,18,19)/t12-,13+/m0/s1. The Kier molecular flexibility index (Phi) is 5.38. The van der Waals surface area contributed by atoms with Gasteiger partial charge in [0.25, 0.3) is 0 Å². The summed E-state index contributed by atoms with van der Waals surface area (Å²) in [5.41, 5.74) is 1.02. The molecule has 21 heavy (non-hydrogen) atoms. The van der Waals surface area contributed by atoms with Crippen molar-refractivity contribution < 1.29 is 14.7 Å². The Morgan fingerprint density at radius 1 is 1.33 bits per heavy atom. The molecule has 1 saturated heterocycles. The van der Waals surface area contributed by atoms with Gasteiger partial charge < -0.3 is 5.11 Å². The van der Waals surface area contributed by atoms with Gasteiger partial charge in [-0.3, -0.25) is 9.59 Å². The predicted octanol–water partition coefficient (Wildman–Crippen LogP) is 3.47. The molecule has 1 aliphatic heterocycles. The zero-order valence-electron chi connectivity index (χ0n) is 12.2. The fourth-order valence-electron chi connectivity index (χ4n) is 2.44. The van der Waals surface area contributed by atoms with E-state index >= 15 is 0 Å². The minimum atomic E-state index is -0.721. The minimum absolute atomic E-state index is 0.144. The van der Waals surface area contributed by atoms with Crippen LogP contribution in [0.15, 0.2) is 30.3 Å². The Morgan fingerprint density at radius 3 is 2.57 bits per heavy atom. The van der Waals surface area contributed by atoms with Crippen LogP contribution in [0.25, 0.3) is 0 Å². The van der Waals surface area contributed by atoms with E-state index in [0.29, 0.717) is 18.6 Å². The molecule has 1 N–H and O–H groups in total. The highest BCUT2D eigenvalue weighted by molar-refractivity contribution is 8.15. The van der Waals surface area contributed by atoms with E-state index in [9.17, 15) is 9.59 Å². The Bertz CT molecular complexity index is 514. The van der Waals surface area contributed by atoms with Crippen LogP contribution in [0.2, 0.25) is 0 Å². The molecule has 1 fully saturated rings. The lowest BCUT2D eigenvalue weighted by atomic mass is 9.99. The molecule has 3 nitrogen and oxygen atoms in total. The summed E-state index contributed by atoms with van der Waals surface area (Å²) >= 11 is 3.04. The van der Waals surface area contributed by atoms with Gasteiger partial charge in [0.2, 0.25) is 0 Å². The Labute approximate surface area is 133 Å². The van der Waals surface area contributed by atoms with Gasteiger partial charge in [0, 0.05) is 22.2 Å². The molecular formula is C16H20O3S2. The van der Waals surface area contributed by atoms with Crippen molar-refractivity contribution in [2.45, 2.75) is 36.7 Å². The summed E-state index contributed by atoms with van der Waals surface area (Å²) in [5.74, 6) is -0.345. The van der Waals surface area contributed by atoms with E-state index < -0.39 is 5.97 Å². The molecule has 0 radical (unpaired) electrons. The van der Waals surface area contributed by atoms with Gasteiger partial charge in [-0.1, -0.05) is 42.1 Å². The van der Waals surface area contributed by atoms with E-state index in [1.54, 1.807) is 11.8 Å². The molecule has 5 heteroatoms. The van der Waals surface area contributed by atoms with Crippen LogP contribution in [-0.4, -0.2) is 31.9 Å². The number of thioether (sulfide) groups is 2. The summed E-state index contributed by atoms with van der Waals surface area (Å²) in [7, 11) is 0. The molecule has 1 aliphatic rings. The lowest BCUT2D eigenvalue weighted by Gasteiger charge is -2.29. The molecule has 1 aromatic carbocycles. The summed E-state index contributed by atoms with van der Waals surface area (Å²) in [6.45, 7) is 4.09. The molecule has 0 aliphatic carbocycles. The van der Waals surface area contributed by atoms with E-state index in [1.807, 2.05) is 44.2 Å². The molecular weight excluding hydrogens is 304 g/mol. The number of carbonyl (C=O) groups is 2. The summed E-state index contributed by atoms with van der Waals surface area (Å²) in [6, 6.07) is 9.71. The lowest BCUT2D eigenvalue weighted by Crippen LogP contribution is -2.31. The van der Waals surface area contributed by atoms with E-state index in [4.69, 9.17) is 5.11 Å². The number of carboxylic acid groups (broad SMARTS) is 1. The second-order valence-electron chi connectivity index (χ2n) is 5.83. The molecule has 114 valence electrons. The van der Waals surface area contributed by atoms with Gasteiger partial charge in [-0.25, -0.2) is 0 Å². The zero-order valence-corrected chi connectivity index (χ0v) is 13.9. The maximum absolute atomic E-state index is 12.2. The third-order valence-corrected chi connectivity index (χ3v) is 6.80. The van der Waals surface area contributed by atoms with Crippen LogP contribution < -0.4 is 0 Å². The topological polar surface area (TPSA) is 54.4 Å². The van der Waals surface area contributed by atoms with E-state index in [0.717, 1.165) is 5.56 Å². The first kappa shape index (κ1) is 16.4. The third kappa shape index (κ3) is 4.51. The van der Waals surface area contributed by atoms with Gasteiger partial charge >= 0.3 is 5.97 Å². The van der Waals surface area contributed by atoms with Crippen LogP contribution in [0.3, 0.4) is 0 Å². The number of carboxylic acids is 1. The normalized spacial score (nSPS) is 22.2. The molecule has 0 unspecified atom stereocenters. The second kappa shape index (κ2) is 6.88. The molecule has 1 aromatic rings. The van der Waals surface area contributed by atoms with Crippen LogP contribution in [0, 0.1) is 5.92 Å². The molecule has 0 bridgehead atoms. The van der Waals surface area contributed by atoms with E-state index in [1.165, 1.54) is 11.8 Å². The highest BCUT2D eigenvalue weighted by atomic mass is 32.2. The first-order chi connectivity index (χ1) is 9.88. The van der Waals surface area contributed by atoms with Crippen LogP contribution in [-0.2, 0) is 16.0 Å². The van der Waals surface area contributed by atoms with E-state index in [-0.39, 0.29) is 21.0 Å². The summed E-state index contributed by atoms with van der Waals surface area (Å²) < 4.78 is -0.235. The van der Waals surface area contributed by atoms with Crippen molar-refractivity contribution in [1.82, 2.24) is 0 Å². The van der Waals surface area contributed by atoms with Crippen molar-refractivity contribution in [3.63, 3.8) is 0 Å². The van der Waals surface area contributed by atoms with Crippen molar-refractivity contribution >= 4 is 34.6 Å². The molecule has 1 heterocycles. The van der Waals surface area contributed by atoms with Gasteiger partial charge in [-0.15, -0.1) is 0 Å². The first-order valence-electron chi connectivity index (χ1n) is 6.98. The minimum Gasteiger partial charge on any atom is -0.481 e. The third-order valence-electron chi connectivity index (χ3n) is 3.69. The monoisotopic (exact) mass is 324 g/mol. The number of hydrogen-bond donors (Lipinski definition) is 1. The van der Waals surface area contributed by atoms with Gasteiger partial charge in [0.05, 0.1) is 5.92 Å². The maximum Gasteiger partial charge on any atom is 0.307 e. The lowest BCUT2D eigenvalue weighted by molar-refractivity contribution is -0.140. The van der Waals surface area contributed by atoms with Crippen LogP contribution in [0.5, 0.6) is 0 Å². The average Bonchev–Trinajstić information content (AvgIpc) is 2.89. The molecule has 2 atom stereocenters. The molecule has 0 saturated carbocycles. The summed E-state index contributed by atoms with van der Waals surface area (Å²) in [4.78, 5) is 23.3. The van der Waals surface area contributed by atoms with Crippen LogP contribution in [0.1, 0.15) is 25.8 Å². The Hall–Kier alpha value is -0.940. The molecule has 0 spiro atoms. The number of aliphatic carboxylic acids is 1. The van der Waals surface area contributed by atoms with Crippen molar-refractivity contribution in [3.8, 4) is 0 Å². The fraction of sp³-hybridized carbons (Fsp3) is 0.500. The number of rotatable bonds is 5. The van der Waals surface area contributed by atoms with Crippen molar-refractivity contribution in [1.29, 1.82) is 0 Å². The Balaban J connectivity index is 1.91. The molecule has 0 aromatic heterocycles. The number of carbonyl (C=O) groups excluding carboxylic acids is 1. The summed E-state index contributed by atoms with van der Waals surface area (Å²) in [5, 5.41) is 9.44. The Morgan fingerprint density at radius 2 is 2.00 bits per heavy atom. The summed E-state index contributed by atoms with van der Waals surface area (Å²) in [6.07, 6.45) is 1.08. The van der Waals surface area contributed by atoms with Gasteiger partial charge in [0.15, 0.2) is 5.12 Å². The first-order valence-corrected chi connectivity index (χ1v) is 8.85. The highest BCUT2D eigenvalue weighted by Crippen LogP contribution is 2.44. The van der Waals surface area contributed by atoms with Gasteiger partial charge in [-0.05, 0) is 25.8 Å². The van der Waals surface area contributed by atoms with Crippen molar-refractivity contribution in [3.05, 3.63) is 35.9 Å². The SMILES string of the molecule is CC(C)(SC(=O)Cc1ccccc1)[C@H]1C[C@H](C(=O)O)CS1. The number of hydrogen-bond acceptors (Lipinski definition) is 4. The molecule has 0 amide bonds. The molecule has 2 rings (SSSR count). The van der Waals surface area contributed by atoms with Crippen LogP contribution in [0.4, 0.5) is 0 Å². The van der Waals surface area contributed by atoms with Gasteiger partial charge in [0.1, 0.15) is 0 Å². The zero-order chi connectivity index (χ0) is 15.5. The van der Waals surface area contributed by atoms with Crippen molar-refractivity contribution in [2.24, 2.45) is 5.92 Å². The maximum atomic E-state index is 12.2. The fourth-order valence-corrected chi connectivity index (χ4v) is 5.36. The predicted molar refractivity (Wildman–Crippen MR) is 88.8 cm³/mol. The second-order valence-corrected chi connectivity index (χ2v) is 8.78. The quantitative estimate of drug-likeness (QED) is 0.899. The highest BCUT2D eigenvalue weighted by Gasteiger charge is 2.40. The van der Waals surface area contributed by atoms with Crippen molar-refractivity contribution in [2.75, 3.05) is 5.75 Å². The smallest absolute Gasteiger partial charge is 0.307 e. The largest absolute Gasteiger partial charge is 0.481 e. The van der Waals surface area contributed by atoms with Gasteiger partial charge in [-0.2, -0.15) is 11.8 Å². The van der Waals surface area contributed by atoms with E-state index in [2.05, 4.69) is 0 Å². The number of benzene rings is 1. The average molecular weight is 324 g/mol.